The number of benzene rings is 2. The molecule has 0 saturated heterocycles. The van der Waals surface area contributed by atoms with Crippen LogP contribution in [0.25, 0.3) is 0 Å². The fourth-order valence-electron chi connectivity index (χ4n) is 1.62. The number of aromatic hydroxyl groups is 1. The second kappa shape index (κ2) is 6.47. The molecule has 0 fully saturated rings. The number of para-hydroxylation sites is 1. The second-order valence-corrected chi connectivity index (χ2v) is 4.84. The molecule has 0 saturated carbocycles. The molecule has 0 aliphatic rings. The number of nitrogens with one attached hydrogen (secondary N) is 2. The molecule has 108 valence electrons. The number of phenols is 1. The highest BCUT2D eigenvalue weighted by molar-refractivity contribution is 6.39. The zero-order valence-electron chi connectivity index (χ0n) is 10.6. The highest BCUT2D eigenvalue weighted by atomic mass is 35.5. The molecule has 0 aliphatic heterocycles. The number of hydrogen-bond acceptors (Lipinski definition) is 3. The van der Waals surface area contributed by atoms with Crippen molar-refractivity contribution in [1.82, 2.24) is 10.9 Å². The van der Waals surface area contributed by atoms with Crippen LogP contribution in [0.3, 0.4) is 0 Å². The molecule has 0 spiro atoms. The lowest BCUT2D eigenvalue weighted by molar-refractivity contribution is 0.0845. The van der Waals surface area contributed by atoms with Crippen LogP contribution in [0.15, 0.2) is 42.5 Å². The van der Waals surface area contributed by atoms with Gasteiger partial charge in [-0.15, -0.1) is 0 Å². The van der Waals surface area contributed by atoms with E-state index in [0.29, 0.717) is 0 Å². The van der Waals surface area contributed by atoms with E-state index in [1.807, 2.05) is 0 Å². The van der Waals surface area contributed by atoms with E-state index in [1.54, 1.807) is 18.2 Å². The molecule has 0 heterocycles. The Hall–Kier alpha value is -2.24. The summed E-state index contributed by atoms with van der Waals surface area (Å²) in [6, 6.07) is 10.6. The number of hydrogen-bond donors (Lipinski definition) is 3. The van der Waals surface area contributed by atoms with Gasteiger partial charge in [0.05, 0.1) is 21.2 Å². The Labute approximate surface area is 130 Å². The molecular weight excluding hydrogens is 315 g/mol. The molecule has 0 unspecified atom stereocenters. The van der Waals surface area contributed by atoms with E-state index in [0.717, 1.165) is 0 Å². The summed E-state index contributed by atoms with van der Waals surface area (Å²) in [5.74, 6) is -1.51. The maximum absolute atomic E-state index is 11.9. The average Bonchev–Trinajstić information content (AvgIpc) is 2.45. The van der Waals surface area contributed by atoms with E-state index in [9.17, 15) is 14.7 Å². The normalized spacial score (nSPS) is 10.0. The van der Waals surface area contributed by atoms with Gasteiger partial charge in [0.25, 0.3) is 11.8 Å². The molecule has 5 nitrogen and oxygen atoms in total. The van der Waals surface area contributed by atoms with Crippen molar-refractivity contribution in [2.75, 3.05) is 0 Å². The van der Waals surface area contributed by atoms with E-state index in [4.69, 9.17) is 23.2 Å². The molecule has 0 aliphatic carbocycles. The lowest BCUT2D eigenvalue weighted by Gasteiger charge is -2.10. The van der Waals surface area contributed by atoms with E-state index in [1.165, 1.54) is 24.3 Å². The standard InChI is InChI=1S/C14H10Cl2N2O3/c15-9-5-3-6-10(16)12(9)14(21)18-17-13(20)8-4-1-2-7-11(8)19/h1-7,19H,(H,17,20)(H,18,21). The summed E-state index contributed by atoms with van der Waals surface area (Å²) in [5.41, 5.74) is 4.45. The zero-order chi connectivity index (χ0) is 15.4. The van der Waals surface area contributed by atoms with Crippen molar-refractivity contribution in [3.63, 3.8) is 0 Å². The molecule has 0 aromatic heterocycles. The van der Waals surface area contributed by atoms with Crippen LogP contribution in [0.2, 0.25) is 10.0 Å². The van der Waals surface area contributed by atoms with Crippen molar-refractivity contribution in [1.29, 1.82) is 0 Å². The molecule has 0 bridgehead atoms. The Morgan fingerprint density at radius 1 is 0.857 bits per heavy atom. The topological polar surface area (TPSA) is 78.4 Å². The molecule has 7 heteroatoms. The smallest absolute Gasteiger partial charge is 0.273 e. The van der Waals surface area contributed by atoms with Gasteiger partial charge in [-0.1, -0.05) is 41.4 Å². The van der Waals surface area contributed by atoms with Gasteiger partial charge >= 0.3 is 0 Å². The summed E-state index contributed by atoms with van der Waals surface area (Å²) >= 11 is 11.8. The monoisotopic (exact) mass is 324 g/mol. The Balaban J connectivity index is 2.08. The van der Waals surface area contributed by atoms with Gasteiger partial charge in [-0.05, 0) is 24.3 Å². The number of amides is 2. The number of carbonyl (C=O) groups excluding carboxylic acids is 2. The molecular formula is C14H10Cl2N2O3. The summed E-state index contributed by atoms with van der Waals surface area (Å²) in [4.78, 5) is 23.8. The molecule has 2 rings (SSSR count). The first-order chi connectivity index (χ1) is 10.0. The Morgan fingerprint density at radius 3 is 2.05 bits per heavy atom. The summed E-state index contributed by atoms with van der Waals surface area (Å²) < 4.78 is 0. The van der Waals surface area contributed by atoms with Crippen LogP contribution < -0.4 is 10.9 Å². The molecule has 2 aromatic rings. The summed E-state index contributed by atoms with van der Waals surface area (Å²) in [5, 5.41) is 9.86. The molecule has 2 aromatic carbocycles. The third-order valence-corrected chi connectivity index (χ3v) is 3.26. The predicted molar refractivity (Wildman–Crippen MR) is 79.5 cm³/mol. The average molecular weight is 325 g/mol. The first-order valence-electron chi connectivity index (χ1n) is 5.83. The van der Waals surface area contributed by atoms with Crippen LogP contribution in [0.4, 0.5) is 0 Å². The maximum atomic E-state index is 11.9. The summed E-state index contributed by atoms with van der Waals surface area (Å²) in [6.45, 7) is 0. The van der Waals surface area contributed by atoms with E-state index in [-0.39, 0.29) is 26.9 Å². The van der Waals surface area contributed by atoms with Gasteiger partial charge in [-0.2, -0.15) is 0 Å². The first kappa shape index (κ1) is 15.2. The van der Waals surface area contributed by atoms with Crippen molar-refractivity contribution in [2.45, 2.75) is 0 Å². The van der Waals surface area contributed by atoms with Gasteiger partial charge in [0.2, 0.25) is 0 Å². The molecule has 0 atom stereocenters. The van der Waals surface area contributed by atoms with Crippen LogP contribution in [-0.4, -0.2) is 16.9 Å². The molecule has 0 radical (unpaired) electrons. The minimum absolute atomic E-state index is 0.0306. The van der Waals surface area contributed by atoms with Crippen LogP contribution in [0, 0.1) is 0 Å². The molecule has 3 N–H and O–H groups in total. The van der Waals surface area contributed by atoms with Gasteiger partial charge < -0.3 is 5.11 Å². The second-order valence-electron chi connectivity index (χ2n) is 4.02. The third kappa shape index (κ3) is 3.45. The van der Waals surface area contributed by atoms with Crippen molar-refractivity contribution in [3.8, 4) is 5.75 Å². The van der Waals surface area contributed by atoms with Crippen LogP contribution in [0.5, 0.6) is 5.75 Å². The van der Waals surface area contributed by atoms with E-state index < -0.39 is 11.8 Å². The zero-order valence-corrected chi connectivity index (χ0v) is 12.1. The van der Waals surface area contributed by atoms with Crippen LogP contribution in [-0.2, 0) is 0 Å². The Morgan fingerprint density at radius 2 is 1.43 bits per heavy atom. The third-order valence-electron chi connectivity index (χ3n) is 2.63. The minimum Gasteiger partial charge on any atom is -0.507 e. The number of halogens is 2. The minimum atomic E-state index is -0.662. The molecule has 21 heavy (non-hydrogen) atoms. The number of hydrazine groups is 1. The number of phenolic OH excluding ortho intramolecular Hbond substituents is 1. The Bertz CT molecular complexity index is 684. The summed E-state index contributed by atoms with van der Waals surface area (Å²) in [6.07, 6.45) is 0. The molecule has 2 amide bonds. The predicted octanol–water partition coefficient (Wildman–Crippen LogP) is 2.77. The van der Waals surface area contributed by atoms with Crippen molar-refractivity contribution >= 4 is 35.0 Å². The van der Waals surface area contributed by atoms with Gasteiger partial charge in [0.15, 0.2) is 0 Å². The van der Waals surface area contributed by atoms with Crippen molar-refractivity contribution in [2.24, 2.45) is 0 Å². The maximum Gasteiger partial charge on any atom is 0.273 e. The van der Waals surface area contributed by atoms with Crippen LogP contribution >= 0.6 is 23.2 Å². The van der Waals surface area contributed by atoms with Gasteiger partial charge in [-0.25, -0.2) is 0 Å². The van der Waals surface area contributed by atoms with Gasteiger partial charge in [-0.3, -0.25) is 20.4 Å². The number of carbonyl (C=O) groups is 2. The highest BCUT2D eigenvalue weighted by Crippen LogP contribution is 2.23. The van der Waals surface area contributed by atoms with Gasteiger partial charge in [0, 0.05) is 0 Å². The SMILES string of the molecule is O=C(NNC(=O)c1c(Cl)cccc1Cl)c1ccccc1O. The highest BCUT2D eigenvalue weighted by Gasteiger charge is 2.16. The quantitative estimate of drug-likeness (QED) is 0.743. The van der Waals surface area contributed by atoms with Crippen molar-refractivity contribution < 1.29 is 14.7 Å². The lowest BCUT2D eigenvalue weighted by atomic mass is 10.2. The largest absolute Gasteiger partial charge is 0.507 e. The van der Waals surface area contributed by atoms with E-state index in [2.05, 4.69) is 10.9 Å². The fourth-order valence-corrected chi connectivity index (χ4v) is 2.19. The summed E-state index contributed by atoms with van der Waals surface area (Å²) in [7, 11) is 0. The number of rotatable bonds is 2. The van der Waals surface area contributed by atoms with Crippen molar-refractivity contribution in [3.05, 3.63) is 63.6 Å². The van der Waals surface area contributed by atoms with E-state index >= 15 is 0 Å². The van der Waals surface area contributed by atoms with Gasteiger partial charge in [0.1, 0.15) is 5.75 Å². The lowest BCUT2D eigenvalue weighted by Crippen LogP contribution is -2.41. The van der Waals surface area contributed by atoms with Crippen LogP contribution in [0.1, 0.15) is 20.7 Å². The fraction of sp³-hybridized carbons (Fsp3) is 0. The first-order valence-corrected chi connectivity index (χ1v) is 6.59. The Kier molecular flexibility index (Phi) is 4.67.